The molecule has 4 aliphatic rings. The highest BCUT2D eigenvalue weighted by Crippen LogP contribution is 2.48. The van der Waals surface area contributed by atoms with Gasteiger partial charge in [0.25, 0.3) is 0 Å². The van der Waals surface area contributed by atoms with E-state index < -0.39 is 34.1 Å². The number of fused-ring (bicyclic) bond motifs is 2. The zero-order chi connectivity index (χ0) is 35.8. The first-order valence-electron chi connectivity index (χ1n) is 18.4. The zero-order valence-electron chi connectivity index (χ0n) is 30.6. The molecule has 13 nitrogen and oxygen atoms in total. The fourth-order valence-corrected chi connectivity index (χ4v) is 7.99. The number of carbonyl (C=O) groups excluding carboxylic acids is 3. The number of quaternary nitrogens is 1. The van der Waals surface area contributed by atoms with Crippen molar-refractivity contribution in [2.75, 3.05) is 45.8 Å². The van der Waals surface area contributed by atoms with Gasteiger partial charge in [0.15, 0.2) is 0 Å². The number of nitrogens with one attached hydrogen (secondary N) is 1. The van der Waals surface area contributed by atoms with E-state index in [2.05, 4.69) is 37.3 Å². The van der Waals surface area contributed by atoms with Crippen molar-refractivity contribution in [2.24, 2.45) is 5.41 Å². The molecule has 4 amide bonds. The standard InChI is InChI=1S/C18H28N4O8S.C16H36N/c1-17(2,3)29-16(25)20-9-18(10-20)6-11(7-18)19-14(23)13-5-4-12-8-21(13)15(24)22(12)30-31(26,27)28;1-5-9-13-17(14-10-6-2,15-11-7-3)16-12-8-4/h11-13H,4-10H2,1-3H3,(H,19,23)(H,26,27,28);5-16H2,1-4H3/q;+1/p-1/t12-,13-;/m1./s1. The molecule has 3 aliphatic heterocycles. The van der Waals surface area contributed by atoms with E-state index in [-0.39, 0.29) is 30.0 Å². The maximum atomic E-state index is 12.7. The Morgan fingerprint density at radius 2 is 1.42 bits per heavy atom. The average molecular weight is 702 g/mol. The SMILES string of the molecule is CC(C)(C)OC(=O)N1CC2(CC(NC(=O)[C@H]3CC[C@@H]4CN3C(=O)N4OS(=O)(=O)[O-])C2)C1.CCCC[N+](CCCC)(CCCC)CCCC. The fraction of sp³-hybridized carbons (Fsp3) is 0.912. The molecule has 0 unspecified atom stereocenters. The molecule has 1 spiro atoms. The average Bonchev–Trinajstić information content (AvgIpc) is 3.19. The van der Waals surface area contributed by atoms with Crippen LogP contribution < -0.4 is 5.32 Å². The summed E-state index contributed by atoms with van der Waals surface area (Å²) in [5, 5.41) is 3.51. The third-order valence-electron chi connectivity index (χ3n) is 10.2. The van der Waals surface area contributed by atoms with Gasteiger partial charge in [-0.05, 0) is 72.1 Å². The number of carbonyl (C=O) groups is 3. The topological polar surface area (TPSA) is 149 Å². The maximum absolute atomic E-state index is 12.7. The van der Waals surface area contributed by atoms with Crippen molar-refractivity contribution >= 4 is 28.4 Å². The summed E-state index contributed by atoms with van der Waals surface area (Å²) in [4.78, 5) is 40.1. The number of amides is 4. The van der Waals surface area contributed by atoms with Crippen LogP contribution in [0, 0.1) is 5.41 Å². The fourth-order valence-electron chi connectivity index (χ4n) is 7.61. The van der Waals surface area contributed by atoms with Crippen molar-refractivity contribution in [3.8, 4) is 0 Å². The lowest BCUT2D eigenvalue weighted by Gasteiger charge is -2.58. The number of hydrogen-bond acceptors (Lipinski definition) is 8. The maximum Gasteiger partial charge on any atom is 0.410 e. The second-order valence-corrected chi connectivity index (χ2v) is 16.6. The van der Waals surface area contributed by atoms with Crippen molar-refractivity contribution < 1.29 is 40.9 Å². The van der Waals surface area contributed by atoms with E-state index in [1.165, 1.54) is 86.9 Å². The number of nitrogens with zero attached hydrogens (tertiary/aromatic N) is 4. The predicted octanol–water partition coefficient (Wildman–Crippen LogP) is 5.17. The molecule has 1 saturated carbocycles. The smallest absolute Gasteiger partial charge is 0.410 e. The molecule has 1 N–H and O–H groups in total. The molecule has 48 heavy (non-hydrogen) atoms. The van der Waals surface area contributed by atoms with Crippen molar-refractivity contribution in [1.29, 1.82) is 0 Å². The van der Waals surface area contributed by atoms with E-state index in [0.29, 0.717) is 31.0 Å². The first-order chi connectivity index (χ1) is 22.5. The summed E-state index contributed by atoms with van der Waals surface area (Å²) in [5.41, 5.74) is -0.538. The molecular formula is C34H63N5O8S. The van der Waals surface area contributed by atoms with E-state index in [4.69, 9.17) is 4.74 Å². The van der Waals surface area contributed by atoms with Crippen LogP contribution in [0.4, 0.5) is 9.59 Å². The Bertz CT molecular complexity index is 1140. The first kappa shape index (κ1) is 40.3. The predicted molar refractivity (Wildman–Crippen MR) is 182 cm³/mol. The van der Waals surface area contributed by atoms with Crippen LogP contribution in [-0.2, 0) is 24.2 Å². The lowest BCUT2D eigenvalue weighted by atomic mass is 9.60. The van der Waals surface area contributed by atoms with Crippen LogP contribution in [0.3, 0.4) is 0 Å². The van der Waals surface area contributed by atoms with Crippen LogP contribution in [-0.4, -0.2) is 120 Å². The second kappa shape index (κ2) is 17.2. The highest BCUT2D eigenvalue weighted by atomic mass is 32.3. The minimum atomic E-state index is -5.07. The summed E-state index contributed by atoms with van der Waals surface area (Å²) in [5.74, 6) is -0.304. The minimum Gasteiger partial charge on any atom is -0.724 e. The van der Waals surface area contributed by atoms with Gasteiger partial charge in [0.05, 0.1) is 32.2 Å². The molecular weight excluding hydrogens is 638 g/mol. The van der Waals surface area contributed by atoms with Gasteiger partial charge in [-0.2, -0.15) is 9.35 Å². The first-order valence-corrected chi connectivity index (χ1v) is 19.7. The number of likely N-dealkylation sites (tertiary alicyclic amines) is 1. The van der Waals surface area contributed by atoms with E-state index in [1.807, 2.05) is 20.8 Å². The van der Waals surface area contributed by atoms with Gasteiger partial charge in [-0.15, -0.1) is 0 Å². The monoisotopic (exact) mass is 701 g/mol. The number of piperidine rings is 1. The molecule has 2 atom stereocenters. The molecule has 278 valence electrons. The van der Waals surface area contributed by atoms with Gasteiger partial charge in [0, 0.05) is 31.1 Å². The van der Waals surface area contributed by atoms with Gasteiger partial charge < -0.3 is 28.9 Å². The molecule has 0 aromatic heterocycles. The van der Waals surface area contributed by atoms with Crippen molar-refractivity contribution in [3.63, 3.8) is 0 Å². The molecule has 1 aliphatic carbocycles. The Hall–Kier alpha value is -2.16. The highest BCUT2D eigenvalue weighted by Gasteiger charge is 2.56. The Labute approximate surface area is 289 Å². The Kier molecular flexibility index (Phi) is 14.4. The van der Waals surface area contributed by atoms with Crippen LogP contribution in [0.15, 0.2) is 0 Å². The Morgan fingerprint density at radius 3 is 1.85 bits per heavy atom. The van der Waals surface area contributed by atoms with Gasteiger partial charge in [0.2, 0.25) is 16.3 Å². The lowest BCUT2D eigenvalue weighted by molar-refractivity contribution is -0.929. The Morgan fingerprint density at radius 1 is 0.917 bits per heavy atom. The van der Waals surface area contributed by atoms with Gasteiger partial charge in [-0.25, -0.2) is 18.0 Å². The molecule has 4 rings (SSSR count). The molecule has 0 radical (unpaired) electrons. The summed E-state index contributed by atoms with van der Waals surface area (Å²) in [7, 11) is -5.07. The summed E-state index contributed by atoms with van der Waals surface area (Å²) in [6.07, 6.45) is 12.9. The van der Waals surface area contributed by atoms with Crippen molar-refractivity contribution in [3.05, 3.63) is 0 Å². The van der Waals surface area contributed by atoms with E-state index >= 15 is 0 Å². The molecule has 3 saturated heterocycles. The molecule has 2 bridgehead atoms. The number of ether oxygens (including phenoxy) is 1. The van der Waals surface area contributed by atoms with Crippen molar-refractivity contribution in [1.82, 2.24) is 20.2 Å². The number of hydrogen-bond donors (Lipinski definition) is 1. The van der Waals surface area contributed by atoms with Crippen LogP contribution in [0.1, 0.15) is 126 Å². The summed E-state index contributed by atoms with van der Waals surface area (Å²) in [6, 6.07) is -2.14. The molecule has 0 aromatic carbocycles. The molecule has 14 heteroatoms. The molecule has 4 fully saturated rings. The van der Waals surface area contributed by atoms with Crippen LogP contribution >= 0.6 is 0 Å². The van der Waals surface area contributed by atoms with E-state index in [9.17, 15) is 27.4 Å². The number of unbranched alkanes of at least 4 members (excludes halogenated alkanes) is 4. The number of rotatable bonds is 16. The minimum absolute atomic E-state index is 0.00308. The molecule has 0 aromatic rings. The Balaban J connectivity index is 0.000000315. The summed E-state index contributed by atoms with van der Waals surface area (Å²) in [6.45, 7) is 21.8. The largest absolute Gasteiger partial charge is 0.724 e. The third kappa shape index (κ3) is 11.2. The normalized spacial score (nSPS) is 22.2. The van der Waals surface area contributed by atoms with E-state index in [0.717, 1.165) is 12.8 Å². The van der Waals surface area contributed by atoms with Crippen molar-refractivity contribution in [2.45, 2.75) is 149 Å². The molecule has 3 heterocycles. The number of urea groups is 1. The second-order valence-electron chi connectivity index (χ2n) is 15.6. The lowest BCUT2D eigenvalue weighted by Crippen LogP contribution is -2.68. The van der Waals surface area contributed by atoms with Crippen LogP contribution in [0.5, 0.6) is 0 Å². The quantitative estimate of drug-likeness (QED) is 0.132. The summed E-state index contributed by atoms with van der Waals surface area (Å²) < 4.78 is 43.6. The highest BCUT2D eigenvalue weighted by molar-refractivity contribution is 7.80. The van der Waals surface area contributed by atoms with Gasteiger partial charge in [-0.1, -0.05) is 53.4 Å². The van der Waals surface area contributed by atoms with E-state index in [1.54, 1.807) is 4.90 Å². The number of hydroxylamine groups is 2. The third-order valence-corrected chi connectivity index (χ3v) is 10.5. The van der Waals surface area contributed by atoms with Gasteiger partial charge in [0.1, 0.15) is 11.6 Å². The van der Waals surface area contributed by atoms with Gasteiger partial charge in [-0.3, -0.25) is 4.79 Å². The van der Waals surface area contributed by atoms with Gasteiger partial charge >= 0.3 is 12.1 Å². The zero-order valence-corrected chi connectivity index (χ0v) is 31.4. The van der Waals surface area contributed by atoms with Crippen LogP contribution in [0.2, 0.25) is 0 Å². The summed E-state index contributed by atoms with van der Waals surface area (Å²) >= 11 is 0. The van der Waals surface area contributed by atoms with Crippen LogP contribution in [0.25, 0.3) is 0 Å².